The number of carboxylic acid groups (broad SMARTS) is 1. The zero-order chi connectivity index (χ0) is 39.6. The highest BCUT2D eigenvalue weighted by Crippen LogP contribution is 2.42. The van der Waals surface area contributed by atoms with Crippen molar-refractivity contribution in [1.82, 2.24) is 4.31 Å². The van der Waals surface area contributed by atoms with Gasteiger partial charge in [0, 0.05) is 30.3 Å². The van der Waals surface area contributed by atoms with Gasteiger partial charge in [-0.3, -0.25) is 4.79 Å². The summed E-state index contributed by atoms with van der Waals surface area (Å²) in [4.78, 5) is 28.5. The molecule has 292 valence electrons. The third-order valence-corrected chi connectivity index (χ3v) is 12.5. The van der Waals surface area contributed by atoms with E-state index in [1.165, 1.54) is 41.3 Å². The number of ether oxygens (including phenoxy) is 2. The first-order chi connectivity index (χ1) is 26.2. The third-order valence-electron chi connectivity index (χ3n) is 9.25. The Bertz CT molecular complexity index is 2210. The number of nitrogens with zero attached hydrogens (tertiary/aromatic N) is 3. The van der Waals surface area contributed by atoms with Gasteiger partial charge >= 0.3 is 5.97 Å². The maximum atomic E-state index is 15.4. The van der Waals surface area contributed by atoms with E-state index in [2.05, 4.69) is 26.9 Å². The molecular weight excluding hydrogens is 834 g/mol. The molecule has 1 saturated heterocycles. The van der Waals surface area contributed by atoms with Crippen molar-refractivity contribution in [1.29, 1.82) is 0 Å². The van der Waals surface area contributed by atoms with Gasteiger partial charge in [0.05, 0.1) is 48.6 Å². The van der Waals surface area contributed by atoms with Crippen LogP contribution >= 0.6 is 27.5 Å². The maximum Gasteiger partial charge on any atom is 0.335 e. The summed E-state index contributed by atoms with van der Waals surface area (Å²) < 4.78 is 98.0. The largest absolute Gasteiger partial charge is 0.492 e. The standard InChI is InChI=1S/C38H35BrClF4N3O7S/c1-2-54-30-18-24(38(49)50)9-10-29(30)47(19-22-15-26(23-7-8-23)17-27(16-22)45-11-13-53-14-12-45)31(48)21-46(20-25-5-3-4-6-28(25)40)55(51,52)37-32(39)33(41)34(42)35(43)36(37)44/h3-6,9-10,15-18,23H,2,7-8,11-14,19-21H2,1H3,(H,49,50). The summed E-state index contributed by atoms with van der Waals surface area (Å²) in [6, 6.07) is 15.8. The Morgan fingerprint density at radius 3 is 2.31 bits per heavy atom. The number of hydrogen-bond donors (Lipinski definition) is 1. The highest BCUT2D eigenvalue weighted by atomic mass is 79.9. The molecule has 10 nitrogen and oxygen atoms in total. The molecule has 1 saturated carbocycles. The van der Waals surface area contributed by atoms with Crippen LogP contribution in [-0.4, -0.2) is 69.2 Å². The molecule has 0 atom stereocenters. The Balaban J connectivity index is 1.48. The fourth-order valence-corrected chi connectivity index (χ4v) is 8.94. The SMILES string of the molecule is CCOc1cc(C(=O)O)ccc1N(Cc1cc(C2CC2)cc(N2CCOCC2)c1)C(=O)CN(Cc1ccccc1Cl)S(=O)(=O)c1c(F)c(F)c(F)c(F)c1Br. The third kappa shape index (κ3) is 8.78. The van der Waals surface area contributed by atoms with Gasteiger partial charge in [-0.1, -0.05) is 35.9 Å². The molecule has 0 spiro atoms. The lowest BCUT2D eigenvalue weighted by atomic mass is 10.0. The first-order valence-electron chi connectivity index (χ1n) is 17.2. The minimum Gasteiger partial charge on any atom is -0.492 e. The van der Waals surface area contributed by atoms with Gasteiger partial charge in [-0.2, -0.15) is 4.31 Å². The molecule has 0 bridgehead atoms. The number of carboxylic acids is 1. The topological polar surface area (TPSA) is 117 Å². The van der Waals surface area contributed by atoms with E-state index in [0.717, 1.165) is 24.1 Å². The van der Waals surface area contributed by atoms with Crippen molar-refractivity contribution >= 4 is 60.8 Å². The summed E-state index contributed by atoms with van der Waals surface area (Å²) in [5, 5.41) is 9.80. The number of anilines is 2. The maximum absolute atomic E-state index is 15.4. The molecule has 0 radical (unpaired) electrons. The normalized spacial score (nSPS) is 14.7. The number of carbonyl (C=O) groups excluding carboxylic acids is 1. The van der Waals surface area contributed by atoms with Crippen molar-refractivity contribution in [2.45, 2.75) is 43.7 Å². The van der Waals surface area contributed by atoms with Crippen LogP contribution in [0.4, 0.5) is 28.9 Å². The van der Waals surface area contributed by atoms with Gasteiger partial charge in [-0.25, -0.2) is 30.8 Å². The summed E-state index contributed by atoms with van der Waals surface area (Å²) >= 11 is 8.95. The minimum absolute atomic E-state index is 0.000484. The summed E-state index contributed by atoms with van der Waals surface area (Å²) in [7, 11) is -5.36. The molecule has 0 unspecified atom stereocenters. The quantitative estimate of drug-likeness (QED) is 0.0774. The number of amides is 1. The van der Waals surface area contributed by atoms with E-state index in [0.29, 0.717) is 42.1 Å². The Hall–Kier alpha value is -4.22. The van der Waals surface area contributed by atoms with Gasteiger partial charge in [0.2, 0.25) is 15.9 Å². The second kappa shape index (κ2) is 16.9. The molecule has 17 heteroatoms. The number of benzene rings is 4. The van der Waals surface area contributed by atoms with Crippen LogP contribution in [0.2, 0.25) is 5.02 Å². The molecule has 2 fully saturated rings. The molecule has 6 rings (SSSR count). The van der Waals surface area contributed by atoms with Crippen LogP contribution in [0, 0.1) is 23.3 Å². The molecule has 2 aliphatic rings. The second-order valence-electron chi connectivity index (χ2n) is 13.0. The van der Waals surface area contributed by atoms with Gasteiger partial charge in [0.15, 0.2) is 23.3 Å². The molecule has 1 aliphatic heterocycles. The van der Waals surface area contributed by atoms with Gasteiger partial charge in [0.25, 0.3) is 0 Å². The van der Waals surface area contributed by atoms with E-state index < -0.39 is 67.6 Å². The molecule has 4 aromatic rings. The molecule has 0 aromatic heterocycles. The van der Waals surface area contributed by atoms with Crippen molar-refractivity contribution in [3.05, 3.63) is 116 Å². The molecule has 4 aromatic carbocycles. The molecule has 1 heterocycles. The lowest BCUT2D eigenvalue weighted by Crippen LogP contribution is -2.43. The Kier molecular flexibility index (Phi) is 12.4. The van der Waals surface area contributed by atoms with E-state index in [1.807, 2.05) is 12.1 Å². The number of rotatable bonds is 14. The molecular formula is C38H35BrClF4N3O7S. The van der Waals surface area contributed by atoms with Crippen LogP contribution in [0.15, 0.2) is 70.0 Å². The summed E-state index contributed by atoms with van der Waals surface area (Å²) in [6.45, 7) is 2.14. The first kappa shape index (κ1) is 40.4. The number of carbonyl (C=O) groups is 2. The number of morpholine rings is 1. The highest BCUT2D eigenvalue weighted by Gasteiger charge is 2.38. The fraction of sp³-hybridized carbons (Fsp3) is 0.316. The van der Waals surface area contributed by atoms with Gasteiger partial charge in [-0.15, -0.1) is 0 Å². The fourth-order valence-electron chi connectivity index (χ4n) is 6.30. The van der Waals surface area contributed by atoms with Gasteiger partial charge in [-0.05, 0) is 94.7 Å². The summed E-state index contributed by atoms with van der Waals surface area (Å²) in [6.07, 6.45) is 1.96. The van der Waals surface area contributed by atoms with Crippen LogP contribution in [0.3, 0.4) is 0 Å². The molecule has 55 heavy (non-hydrogen) atoms. The Morgan fingerprint density at radius 1 is 0.964 bits per heavy atom. The van der Waals surface area contributed by atoms with Crippen LogP contribution in [0.1, 0.15) is 52.7 Å². The van der Waals surface area contributed by atoms with Gasteiger partial charge < -0.3 is 24.4 Å². The molecule has 1 aliphatic carbocycles. The summed E-state index contributed by atoms with van der Waals surface area (Å²) in [5.41, 5.74) is 2.68. The van der Waals surface area contributed by atoms with Crippen molar-refractivity contribution in [3.8, 4) is 5.75 Å². The van der Waals surface area contributed by atoms with E-state index in [4.69, 9.17) is 21.1 Å². The second-order valence-corrected chi connectivity index (χ2v) is 16.0. The summed E-state index contributed by atoms with van der Waals surface area (Å²) in [5.74, 6) is -10.7. The Labute approximate surface area is 328 Å². The van der Waals surface area contributed by atoms with Gasteiger partial charge in [0.1, 0.15) is 10.6 Å². The number of aromatic carboxylic acids is 1. The van der Waals surface area contributed by atoms with Crippen LogP contribution in [-0.2, 0) is 32.6 Å². The number of sulfonamides is 1. The predicted octanol–water partition coefficient (Wildman–Crippen LogP) is 7.89. The van der Waals surface area contributed by atoms with E-state index in [1.54, 1.807) is 13.0 Å². The molecule has 1 N–H and O–H groups in total. The van der Waals surface area contributed by atoms with E-state index in [9.17, 15) is 36.3 Å². The predicted molar refractivity (Wildman–Crippen MR) is 200 cm³/mol. The number of halogens is 6. The van der Waals surface area contributed by atoms with Crippen LogP contribution in [0.5, 0.6) is 5.75 Å². The lowest BCUT2D eigenvalue weighted by molar-refractivity contribution is -0.119. The lowest BCUT2D eigenvalue weighted by Gasteiger charge is -2.31. The Morgan fingerprint density at radius 2 is 1.65 bits per heavy atom. The van der Waals surface area contributed by atoms with Crippen LogP contribution in [0.25, 0.3) is 0 Å². The number of hydrogen-bond acceptors (Lipinski definition) is 7. The molecule has 1 amide bonds. The highest BCUT2D eigenvalue weighted by molar-refractivity contribution is 9.10. The average molecular weight is 869 g/mol. The first-order valence-corrected chi connectivity index (χ1v) is 19.8. The van der Waals surface area contributed by atoms with Crippen molar-refractivity contribution in [2.24, 2.45) is 0 Å². The zero-order valence-corrected chi connectivity index (χ0v) is 32.5. The van der Waals surface area contributed by atoms with Crippen molar-refractivity contribution in [3.63, 3.8) is 0 Å². The monoisotopic (exact) mass is 867 g/mol. The smallest absolute Gasteiger partial charge is 0.335 e. The average Bonchev–Trinajstić information content (AvgIpc) is 4.02. The van der Waals surface area contributed by atoms with Crippen molar-refractivity contribution < 1.29 is 50.1 Å². The zero-order valence-electron chi connectivity index (χ0n) is 29.3. The minimum atomic E-state index is -5.36. The van der Waals surface area contributed by atoms with E-state index in [-0.39, 0.29) is 40.7 Å². The van der Waals surface area contributed by atoms with Crippen LogP contribution < -0.4 is 14.5 Å². The van der Waals surface area contributed by atoms with Crippen molar-refractivity contribution in [2.75, 3.05) is 49.3 Å². The van der Waals surface area contributed by atoms with E-state index >= 15 is 4.39 Å².